The molecule has 4 nitrogen and oxygen atoms in total. The number of rotatable bonds is 4. The Bertz CT molecular complexity index is 439. The summed E-state index contributed by atoms with van der Waals surface area (Å²) in [6, 6.07) is 7.99. The van der Waals surface area contributed by atoms with Crippen molar-refractivity contribution < 1.29 is 4.79 Å². The molecule has 1 aliphatic heterocycles. The van der Waals surface area contributed by atoms with E-state index in [-0.39, 0.29) is 5.91 Å². The van der Waals surface area contributed by atoms with Crippen LogP contribution in [0, 0.1) is 0 Å². The third kappa shape index (κ3) is 4.47. The Morgan fingerprint density at radius 1 is 1.25 bits per heavy atom. The normalized spacial score (nSPS) is 18.8. The van der Waals surface area contributed by atoms with Crippen molar-refractivity contribution in [2.75, 3.05) is 38.5 Å². The highest BCUT2D eigenvalue weighted by Crippen LogP contribution is 2.13. The number of hydrogen-bond donors (Lipinski definition) is 1. The predicted octanol–water partition coefficient (Wildman–Crippen LogP) is 2.00. The molecular formula is C15H22ClN3O. The number of carbonyl (C=O) groups excluding carboxylic acids is 1. The first-order valence-corrected chi connectivity index (χ1v) is 7.43. The van der Waals surface area contributed by atoms with E-state index in [0.717, 1.165) is 38.4 Å². The SMILES string of the molecule is CC(Cl)C(=O)Nc1ccc(CN2CCN(C)CC2)cc1. The van der Waals surface area contributed by atoms with Crippen LogP contribution in [-0.2, 0) is 11.3 Å². The van der Waals surface area contributed by atoms with E-state index in [0.29, 0.717) is 0 Å². The summed E-state index contributed by atoms with van der Waals surface area (Å²) in [4.78, 5) is 16.3. The Kier molecular flexibility index (Phi) is 5.40. The molecule has 1 aromatic carbocycles. The van der Waals surface area contributed by atoms with Crippen molar-refractivity contribution in [2.24, 2.45) is 0 Å². The van der Waals surface area contributed by atoms with Crippen LogP contribution in [-0.4, -0.2) is 54.3 Å². The number of likely N-dealkylation sites (N-methyl/N-ethyl adjacent to an activating group) is 1. The second kappa shape index (κ2) is 7.07. The Labute approximate surface area is 125 Å². The van der Waals surface area contributed by atoms with E-state index in [9.17, 15) is 4.79 Å². The van der Waals surface area contributed by atoms with Gasteiger partial charge in [0.05, 0.1) is 0 Å². The zero-order chi connectivity index (χ0) is 14.5. The second-order valence-corrected chi connectivity index (χ2v) is 6.04. The molecular weight excluding hydrogens is 274 g/mol. The lowest BCUT2D eigenvalue weighted by atomic mass is 10.1. The zero-order valence-electron chi connectivity index (χ0n) is 12.1. The minimum Gasteiger partial charge on any atom is -0.325 e. The lowest BCUT2D eigenvalue weighted by Gasteiger charge is -2.32. The molecule has 0 aromatic heterocycles. The third-order valence-corrected chi connectivity index (χ3v) is 3.78. The van der Waals surface area contributed by atoms with Crippen LogP contribution >= 0.6 is 11.6 Å². The first-order chi connectivity index (χ1) is 9.54. The largest absolute Gasteiger partial charge is 0.325 e. The summed E-state index contributed by atoms with van der Waals surface area (Å²) in [6.07, 6.45) is 0. The van der Waals surface area contributed by atoms with E-state index in [1.54, 1.807) is 6.92 Å². The van der Waals surface area contributed by atoms with Crippen molar-refractivity contribution >= 4 is 23.2 Å². The van der Waals surface area contributed by atoms with Crippen LogP contribution in [0.4, 0.5) is 5.69 Å². The van der Waals surface area contributed by atoms with E-state index >= 15 is 0 Å². The zero-order valence-corrected chi connectivity index (χ0v) is 12.9. The van der Waals surface area contributed by atoms with E-state index in [1.807, 2.05) is 12.1 Å². The maximum absolute atomic E-state index is 11.5. The fourth-order valence-corrected chi connectivity index (χ4v) is 2.25. The molecule has 1 atom stereocenters. The molecule has 0 aliphatic carbocycles. The summed E-state index contributed by atoms with van der Waals surface area (Å²) in [5.41, 5.74) is 2.07. The highest BCUT2D eigenvalue weighted by Gasteiger charge is 2.14. The van der Waals surface area contributed by atoms with Gasteiger partial charge < -0.3 is 10.2 Å². The number of carbonyl (C=O) groups is 1. The summed E-state index contributed by atoms with van der Waals surface area (Å²) in [5, 5.41) is 2.27. The van der Waals surface area contributed by atoms with Crippen LogP contribution < -0.4 is 5.32 Å². The summed E-state index contributed by atoms with van der Waals surface area (Å²) in [5.74, 6) is -0.168. The van der Waals surface area contributed by atoms with Gasteiger partial charge in [0.15, 0.2) is 0 Å². The average molecular weight is 296 g/mol. The van der Waals surface area contributed by atoms with Gasteiger partial charge in [-0.15, -0.1) is 11.6 Å². The fourth-order valence-electron chi connectivity index (χ4n) is 2.20. The van der Waals surface area contributed by atoms with Gasteiger partial charge in [-0.3, -0.25) is 9.69 Å². The van der Waals surface area contributed by atoms with Gasteiger partial charge in [-0.2, -0.15) is 0 Å². The lowest BCUT2D eigenvalue weighted by Crippen LogP contribution is -2.43. The minimum absolute atomic E-state index is 0.168. The first kappa shape index (κ1) is 15.3. The molecule has 0 saturated carbocycles. The van der Waals surface area contributed by atoms with Gasteiger partial charge in [0, 0.05) is 38.4 Å². The van der Waals surface area contributed by atoms with Gasteiger partial charge in [-0.1, -0.05) is 12.1 Å². The highest BCUT2D eigenvalue weighted by atomic mass is 35.5. The van der Waals surface area contributed by atoms with E-state index in [4.69, 9.17) is 11.6 Å². The molecule has 1 unspecified atom stereocenters. The molecule has 0 spiro atoms. The van der Waals surface area contributed by atoms with Crippen molar-refractivity contribution in [1.29, 1.82) is 0 Å². The van der Waals surface area contributed by atoms with Gasteiger partial charge in [-0.05, 0) is 31.7 Å². The summed E-state index contributed by atoms with van der Waals surface area (Å²) in [6.45, 7) is 7.10. The molecule has 110 valence electrons. The minimum atomic E-state index is -0.514. The number of nitrogens with one attached hydrogen (secondary N) is 1. The van der Waals surface area contributed by atoms with Gasteiger partial charge in [0.1, 0.15) is 5.38 Å². The molecule has 1 fully saturated rings. The number of hydrogen-bond acceptors (Lipinski definition) is 3. The Morgan fingerprint density at radius 3 is 2.40 bits per heavy atom. The smallest absolute Gasteiger partial charge is 0.242 e. The monoisotopic (exact) mass is 295 g/mol. The molecule has 0 radical (unpaired) electrons. The second-order valence-electron chi connectivity index (χ2n) is 5.38. The average Bonchev–Trinajstić information content (AvgIpc) is 2.43. The van der Waals surface area contributed by atoms with E-state index in [1.165, 1.54) is 5.56 Å². The van der Waals surface area contributed by atoms with Gasteiger partial charge in [0.2, 0.25) is 5.91 Å². The van der Waals surface area contributed by atoms with Crippen LogP contribution in [0.15, 0.2) is 24.3 Å². The Hall–Kier alpha value is -1.10. The van der Waals surface area contributed by atoms with Crippen molar-refractivity contribution in [3.8, 4) is 0 Å². The molecule has 5 heteroatoms. The maximum atomic E-state index is 11.5. The molecule has 1 amide bonds. The number of benzene rings is 1. The van der Waals surface area contributed by atoms with Crippen LogP contribution in [0.2, 0.25) is 0 Å². The van der Waals surface area contributed by atoms with Gasteiger partial charge in [0.25, 0.3) is 0 Å². The van der Waals surface area contributed by atoms with Crippen LogP contribution in [0.1, 0.15) is 12.5 Å². The maximum Gasteiger partial charge on any atom is 0.242 e. The molecule has 1 aliphatic rings. The summed E-state index contributed by atoms with van der Waals surface area (Å²) in [7, 11) is 2.16. The third-order valence-electron chi connectivity index (χ3n) is 3.58. The van der Waals surface area contributed by atoms with Gasteiger partial charge >= 0.3 is 0 Å². The number of amides is 1. The molecule has 2 rings (SSSR count). The lowest BCUT2D eigenvalue weighted by molar-refractivity contribution is -0.115. The number of halogens is 1. The van der Waals surface area contributed by atoms with Crippen molar-refractivity contribution in [2.45, 2.75) is 18.8 Å². The van der Waals surface area contributed by atoms with Crippen LogP contribution in [0.5, 0.6) is 0 Å². The highest BCUT2D eigenvalue weighted by molar-refractivity contribution is 6.32. The first-order valence-electron chi connectivity index (χ1n) is 6.99. The molecule has 20 heavy (non-hydrogen) atoms. The topological polar surface area (TPSA) is 35.6 Å². The Balaban J connectivity index is 1.87. The van der Waals surface area contributed by atoms with Crippen molar-refractivity contribution in [1.82, 2.24) is 9.80 Å². The van der Waals surface area contributed by atoms with Gasteiger partial charge in [-0.25, -0.2) is 0 Å². The molecule has 1 aromatic rings. The molecule has 1 saturated heterocycles. The Morgan fingerprint density at radius 2 is 1.85 bits per heavy atom. The van der Waals surface area contributed by atoms with Crippen LogP contribution in [0.3, 0.4) is 0 Å². The number of anilines is 1. The van der Waals surface area contributed by atoms with E-state index < -0.39 is 5.38 Å². The van der Waals surface area contributed by atoms with Crippen molar-refractivity contribution in [3.63, 3.8) is 0 Å². The molecule has 1 N–H and O–H groups in total. The predicted molar refractivity (Wildman–Crippen MR) is 83.2 cm³/mol. The van der Waals surface area contributed by atoms with Crippen LogP contribution in [0.25, 0.3) is 0 Å². The number of nitrogens with zero attached hydrogens (tertiary/aromatic N) is 2. The fraction of sp³-hybridized carbons (Fsp3) is 0.533. The van der Waals surface area contributed by atoms with Crippen molar-refractivity contribution in [3.05, 3.63) is 29.8 Å². The molecule has 1 heterocycles. The molecule has 0 bridgehead atoms. The quantitative estimate of drug-likeness (QED) is 0.863. The number of piperazine rings is 1. The van der Waals surface area contributed by atoms with E-state index in [2.05, 4.69) is 34.3 Å². The summed E-state index contributed by atoms with van der Waals surface area (Å²) >= 11 is 5.73. The number of alkyl halides is 1. The summed E-state index contributed by atoms with van der Waals surface area (Å²) < 4.78 is 0. The standard InChI is InChI=1S/C15H22ClN3O/c1-12(16)15(20)17-14-5-3-13(4-6-14)11-19-9-7-18(2)8-10-19/h3-6,12H,7-11H2,1-2H3,(H,17,20).